The molecule has 0 saturated heterocycles. The van der Waals surface area contributed by atoms with E-state index >= 15 is 0 Å². The lowest BCUT2D eigenvalue weighted by atomic mass is 9.94. The molecule has 2 rings (SSSR count). The van der Waals surface area contributed by atoms with Gasteiger partial charge in [-0.05, 0) is 38.7 Å². The Morgan fingerprint density at radius 1 is 1.33 bits per heavy atom. The van der Waals surface area contributed by atoms with Crippen molar-refractivity contribution < 1.29 is 14.3 Å². The van der Waals surface area contributed by atoms with Crippen LogP contribution in [-0.2, 0) is 6.54 Å². The number of halogens is 1. The molecule has 0 radical (unpaired) electrons. The second-order valence-electron chi connectivity index (χ2n) is 6.73. The Bertz CT molecular complexity index is 518. The van der Waals surface area contributed by atoms with Crippen LogP contribution in [0.3, 0.4) is 0 Å². The molecular weight excluding hydrogens is 307 g/mol. The van der Waals surface area contributed by atoms with E-state index in [1.165, 1.54) is 12.5 Å². The lowest BCUT2D eigenvalue weighted by molar-refractivity contribution is 0.146. The van der Waals surface area contributed by atoms with Crippen molar-refractivity contribution in [1.29, 1.82) is 0 Å². The van der Waals surface area contributed by atoms with Gasteiger partial charge in [-0.25, -0.2) is 9.18 Å². The lowest BCUT2D eigenvalue weighted by Crippen LogP contribution is -2.49. The SMILES string of the molecule is CC(CCCO)NC(=O)N(Cc1ccccc1F)C1CCCCC1. The zero-order chi connectivity index (χ0) is 17.4. The Morgan fingerprint density at radius 3 is 2.71 bits per heavy atom. The van der Waals surface area contributed by atoms with E-state index in [4.69, 9.17) is 5.11 Å². The molecule has 0 aromatic heterocycles. The molecule has 4 nitrogen and oxygen atoms in total. The summed E-state index contributed by atoms with van der Waals surface area (Å²) in [6.45, 7) is 2.37. The van der Waals surface area contributed by atoms with E-state index in [9.17, 15) is 9.18 Å². The Morgan fingerprint density at radius 2 is 2.04 bits per heavy atom. The zero-order valence-electron chi connectivity index (χ0n) is 14.5. The first-order valence-electron chi connectivity index (χ1n) is 9.03. The van der Waals surface area contributed by atoms with Crippen LogP contribution in [0.4, 0.5) is 9.18 Å². The number of urea groups is 1. The molecule has 1 aromatic carbocycles. The number of amides is 2. The average Bonchev–Trinajstić information content (AvgIpc) is 2.60. The standard InChI is InChI=1S/C19H29FN2O2/c1-15(8-7-13-23)21-19(24)22(17-10-3-2-4-11-17)14-16-9-5-6-12-18(16)20/h5-6,9,12,15,17,23H,2-4,7-8,10-11,13-14H2,1H3,(H,21,24). The van der Waals surface area contributed by atoms with Gasteiger partial charge in [-0.15, -0.1) is 0 Å². The summed E-state index contributed by atoms with van der Waals surface area (Å²) in [5, 5.41) is 11.9. The van der Waals surface area contributed by atoms with Crippen molar-refractivity contribution in [2.75, 3.05) is 6.61 Å². The molecule has 1 atom stereocenters. The number of nitrogens with one attached hydrogen (secondary N) is 1. The summed E-state index contributed by atoms with van der Waals surface area (Å²) in [4.78, 5) is 14.6. The third-order valence-electron chi connectivity index (χ3n) is 4.74. The maximum atomic E-state index is 14.0. The minimum atomic E-state index is -0.264. The van der Waals surface area contributed by atoms with Gasteiger partial charge in [-0.2, -0.15) is 0 Å². The maximum Gasteiger partial charge on any atom is 0.318 e. The summed E-state index contributed by atoms with van der Waals surface area (Å²) >= 11 is 0. The quantitative estimate of drug-likeness (QED) is 0.795. The Balaban J connectivity index is 2.07. The number of carbonyl (C=O) groups excluding carboxylic acids is 1. The van der Waals surface area contributed by atoms with E-state index in [2.05, 4.69) is 5.32 Å². The van der Waals surface area contributed by atoms with Crippen LogP contribution in [0.2, 0.25) is 0 Å². The van der Waals surface area contributed by atoms with Crippen molar-refractivity contribution in [2.24, 2.45) is 0 Å². The Labute approximate surface area is 144 Å². The summed E-state index contributed by atoms with van der Waals surface area (Å²) in [6.07, 6.45) is 6.80. The normalized spacial score (nSPS) is 16.6. The Kier molecular flexibility index (Phi) is 7.50. The highest BCUT2D eigenvalue weighted by molar-refractivity contribution is 5.75. The number of aliphatic hydroxyl groups excluding tert-OH is 1. The van der Waals surface area contributed by atoms with Gasteiger partial charge >= 0.3 is 6.03 Å². The number of nitrogens with zero attached hydrogens (tertiary/aromatic N) is 1. The van der Waals surface area contributed by atoms with Crippen LogP contribution < -0.4 is 5.32 Å². The van der Waals surface area contributed by atoms with Crippen molar-refractivity contribution in [3.8, 4) is 0 Å². The molecule has 1 unspecified atom stereocenters. The molecule has 0 aliphatic heterocycles. The summed E-state index contributed by atoms with van der Waals surface area (Å²) in [5.41, 5.74) is 0.557. The fraction of sp³-hybridized carbons (Fsp3) is 0.632. The molecule has 0 heterocycles. The first-order chi connectivity index (χ1) is 11.6. The topological polar surface area (TPSA) is 52.6 Å². The van der Waals surface area contributed by atoms with Crippen molar-refractivity contribution in [2.45, 2.75) is 70.5 Å². The van der Waals surface area contributed by atoms with Gasteiger partial charge in [0.1, 0.15) is 5.82 Å². The Hall–Kier alpha value is -1.62. The molecule has 24 heavy (non-hydrogen) atoms. The van der Waals surface area contributed by atoms with Gasteiger partial charge < -0.3 is 15.3 Å². The van der Waals surface area contributed by atoms with Crippen molar-refractivity contribution >= 4 is 6.03 Å². The molecule has 1 fully saturated rings. The van der Waals surface area contributed by atoms with E-state index in [1.807, 2.05) is 6.92 Å². The fourth-order valence-corrected chi connectivity index (χ4v) is 3.33. The van der Waals surface area contributed by atoms with Crippen LogP contribution in [0.1, 0.15) is 57.4 Å². The first kappa shape index (κ1) is 18.7. The van der Waals surface area contributed by atoms with Crippen LogP contribution in [0.15, 0.2) is 24.3 Å². The largest absolute Gasteiger partial charge is 0.396 e. The van der Waals surface area contributed by atoms with Crippen LogP contribution >= 0.6 is 0 Å². The van der Waals surface area contributed by atoms with Gasteiger partial charge in [0, 0.05) is 24.3 Å². The van der Waals surface area contributed by atoms with Gasteiger partial charge in [0.25, 0.3) is 0 Å². The van der Waals surface area contributed by atoms with Crippen LogP contribution in [0, 0.1) is 5.82 Å². The van der Waals surface area contributed by atoms with Crippen LogP contribution in [0.5, 0.6) is 0 Å². The molecular formula is C19H29FN2O2. The molecule has 1 aromatic rings. The van der Waals surface area contributed by atoms with E-state index in [0.717, 1.165) is 32.1 Å². The molecule has 1 aliphatic carbocycles. The zero-order valence-corrected chi connectivity index (χ0v) is 14.5. The second-order valence-corrected chi connectivity index (χ2v) is 6.73. The van der Waals surface area contributed by atoms with E-state index < -0.39 is 0 Å². The van der Waals surface area contributed by atoms with E-state index in [-0.39, 0.29) is 30.5 Å². The second kappa shape index (κ2) is 9.62. The summed E-state index contributed by atoms with van der Waals surface area (Å²) in [6, 6.07) is 6.69. The van der Waals surface area contributed by atoms with Crippen molar-refractivity contribution in [1.82, 2.24) is 10.2 Å². The summed E-state index contributed by atoms with van der Waals surface area (Å²) < 4.78 is 14.0. The first-order valence-corrected chi connectivity index (χ1v) is 9.03. The molecule has 2 N–H and O–H groups in total. The lowest BCUT2D eigenvalue weighted by Gasteiger charge is -2.35. The minimum Gasteiger partial charge on any atom is -0.396 e. The van der Waals surface area contributed by atoms with E-state index in [1.54, 1.807) is 23.1 Å². The smallest absolute Gasteiger partial charge is 0.318 e. The van der Waals surface area contributed by atoms with Crippen LogP contribution in [-0.4, -0.2) is 34.7 Å². The van der Waals surface area contributed by atoms with Gasteiger partial charge in [-0.3, -0.25) is 0 Å². The third kappa shape index (κ3) is 5.48. The average molecular weight is 336 g/mol. The highest BCUT2D eigenvalue weighted by Gasteiger charge is 2.27. The number of carbonyl (C=O) groups is 1. The molecule has 0 spiro atoms. The molecule has 1 aliphatic rings. The van der Waals surface area contributed by atoms with Gasteiger partial charge in [0.2, 0.25) is 0 Å². The van der Waals surface area contributed by atoms with E-state index in [0.29, 0.717) is 18.5 Å². The number of aliphatic hydroxyl groups is 1. The van der Waals surface area contributed by atoms with Gasteiger partial charge in [-0.1, -0.05) is 37.5 Å². The van der Waals surface area contributed by atoms with Gasteiger partial charge in [0.05, 0.1) is 6.54 Å². The van der Waals surface area contributed by atoms with Crippen molar-refractivity contribution in [3.63, 3.8) is 0 Å². The highest BCUT2D eigenvalue weighted by Crippen LogP contribution is 2.25. The number of hydrogen-bond acceptors (Lipinski definition) is 2. The molecule has 5 heteroatoms. The fourth-order valence-electron chi connectivity index (χ4n) is 3.33. The van der Waals surface area contributed by atoms with Crippen molar-refractivity contribution in [3.05, 3.63) is 35.6 Å². The predicted octanol–water partition coefficient (Wildman–Crippen LogP) is 3.83. The third-order valence-corrected chi connectivity index (χ3v) is 4.74. The van der Waals surface area contributed by atoms with Crippen LogP contribution in [0.25, 0.3) is 0 Å². The number of rotatable bonds is 7. The summed E-state index contributed by atoms with van der Waals surface area (Å²) in [5.74, 6) is -0.264. The molecule has 2 amide bonds. The molecule has 1 saturated carbocycles. The monoisotopic (exact) mass is 336 g/mol. The predicted molar refractivity (Wildman–Crippen MR) is 93.1 cm³/mol. The number of benzene rings is 1. The maximum absolute atomic E-state index is 14.0. The molecule has 134 valence electrons. The highest BCUT2D eigenvalue weighted by atomic mass is 19.1. The molecule has 0 bridgehead atoms. The summed E-state index contributed by atoms with van der Waals surface area (Å²) in [7, 11) is 0. The van der Waals surface area contributed by atoms with Gasteiger partial charge in [0.15, 0.2) is 0 Å². The minimum absolute atomic E-state index is 0.00337. The number of hydrogen-bond donors (Lipinski definition) is 2.